The fourth-order valence-electron chi connectivity index (χ4n) is 4.41. The predicted octanol–water partition coefficient (Wildman–Crippen LogP) is 4.89. The first-order valence-electron chi connectivity index (χ1n) is 10.9. The molecule has 6 nitrogen and oxygen atoms in total. The van der Waals surface area contributed by atoms with E-state index in [2.05, 4.69) is 26.7 Å². The van der Waals surface area contributed by atoms with Crippen LogP contribution in [0, 0.1) is 17.3 Å². The number of carboxylic acids is 1. The van der Waals surface area contributed by atoms with E-state index in [-0.39, 0.29) is 0 Å². The zero-order valence-electron chi connectivity index (χ0n) is 18.5. The Morgan fingerprint density at radius 2 is 2.15 bits per heavy atom. The van der Waals surface area contributed by atoms with Gasteiger partial charge in [-0.05, 0) is 61.8 Å². The zero-order valence-corrected chi connectivity index (χ0v) is 20.1. The number of piperidine rings is 1. The van der Waals surface area contributed by atoms with Crippen LogP contribution in [0.25, 0.3) is 10.9 Å². The summed E-state index contributed by atoms with van der Waals surface area (Å²) in [6.07, 6.45) is 4.97. The lowest BCUT2D eigenvalue weighted by Crippen LogP contribution is -2.44. The number of hydrogen-bond acceptors (Lipinski definition) is 6. The molecule has 3 heterocycles. The predicted molar refractivity (Wildman–Crippen MR) is 131 cm³/mol. The van der Waals surface area contributed by atoms with Crippen molar-refractivity contribution in [2.75, 3.05) is 26.7 Å². The molecule has 0 spiro atoms. The summed E-state index contributed by atoms with van der Waals surface area (Å²) in [6.45, 7) is 2.09. The van der Waals surface area contributed by atoms with Gasteiger partial charge in [0.05, 0.1) is 35.1 Å². The molecule has 0 saturated carbocycles. The first-order valence-corrected chi connectivity index (χ1v) is 12.3. The molecule has 3 aromatic rings. The van der Waals surface area contributed by atoms with Crippen LogP contribution in [0.2, 0.25) is 5.02 Å². The molecular weight excluding hydrogens is 458 g/mol. The maximum absolute atomic E-state index is 12.3. The molecule has 172 valence electrons. The third-order valence-electron chi connectivity index (χ3n) is 6.43. The molecule has 1 aromatic carbocycles. The van der Waals surface area contributed by atoms with Gasteiger partial charge in [-0.25, -0.2) is 4.98 Å². The van der Waals surface area contributed by atoms with Crippen molar-refractivity contribution in [3.63, 3.8) is 0 Å². The van der Waals surface area contributed by atoms with Gasteiger partial charge in [-0.1, -0.05) is 17.5 Å². The van der Waals surface area contributed by atoms with Crippen LogP contribution in [-0.2, 0) is 11.2 Å². The molecule has 0 aliphatic carbocycles. The highest BCUT2D eigenvalue weighted by Gasteiger charge is 2.40. The van der Waals surface area contributed by atoms with Gasteiger partial charge in [-0.2, -0.15) is 0 Å². The average molecular weight is 484 g/mol. The quantitative estimate of drug-likeness (QED) is 0.482. The monoisotopic (exact) mass is 483 g/mol. The Morgan fingerprint density at radius 1 is 1.33 bits per heavy atom. The number of rotatable bonds is 7. The van der Waals surface area contributed by atoms with Gasteiger partial charge in [-0.15, -0.1) is 11.3 Å². The van der Waals surface area contributed by atoms with Gasteiger partial charge in [0.15, 0.2) is 0 Å². The Bertz CT molecular complexity index is 1180. The van der Waals surface area contributed by atoms with Gasteiger partial charge in [0, 0.05) is 30.1 Å². The van der Waals surface area contributed by atoms with Crippen LogP contribution in [0.15, 0.2) is 35.3 Å². The topological polar surface area (TPSA) is 75.6 Å². The number of halogens is 1. The molecule has 1 saturated heterocycles. The highest BCUT2D eigenvalue weighted by atomic mass is 35.5. The van der Waals surface area contributed by atoms with E-state index in [0.29, 0.717) is 37.3 Å². The number of carboxylic acid groups (broad SMARTS) is 1. The van der Waals surface area contributed by atoms with E-state index in [0.717, 1.165) is 47.4 Å². The Hall–Kier alpha value is -2.66. The number of ether oxygens (including phenoxy) is 1. The number of aromatic nitrogens is 2. The molecule has 1 N–H and O–H groups in total. The number of carbonyl (C=O) groups is 1. The second-order valence-electron chi connectivity index (χ2n) is 8.36. The Labute approximate surface area is 202 Å². The lowest BCUT2D eigenvalue weighted by molar-refractivity contribution is -0.152. The van der Waals surface area contributed by atoms with Crippen molar-refractivity contribution in [2.45, 2.75) is 32.1 Å². The minimum absolute atomic E-state index is 0.605. The van der Waals surface area contributed by atoms with Gasteiger partial charge in [0.2, 0.25) is 0 Å². The highest BCUT2D eigenvalue weighted by Crippen LogP contribution is 2.38. The van der Waals surface area contributed by atoms with Gasteiger partial charge < -0.3 is 9.84 Å². The van der Waals surface area contributed by atoms with E-state index in [9.17, 15) is 9.90 Å². The fourth-order valence-corrected chi connectivity index (χ4v) is 5.14. The summed E-state index contributed by atoms with van der Waals surface area (Å²) in [4.78, 5) is 23.0. The summed E-state index contributed by atoms with van der Waals surface area (Å²) in [7, 11) is 1.63. The summed E-state index contributed by atoms with van der Waals surface area (Å²) in [5, 5.41) is 13.5. The van der Waals surface area contributed by atoms with Gasteiger partial charge >= 0.3 is 5.97 Å². The Morgan fingerprint density at radius 3 is 2.85 bits per heavy atom. The van der Waals surface area contributed by atoms with E-state index in [1.165, 1.54) is 11.3 Å². The van der Waals surface area contributed by atoms with E-state index >= 15 is 0 Å². The largest absolute Gasteiger partial charge is 0.497 e. The third kappa shape index (κ3) is 5.47. The van der Waals surface area contributed by atoms with E-state index in [1.54, 1.807) is 18.8 Å². The number of hydrogen-bond donors (Lipinski definition) is 1. The Kier molecular flexibility index (Phi) is 7.49. The minimum Gasteiger partial charge on any atom is -0.497 e. The zero-order chi connectivity index (χ0) is 23.3. The first kappa shape index (κ1) is 23.5. The normalized spacial score (nSPS) is 15.7. The number of methoxy groups -OCH3 is 1. The van der Waals surface area contributed by atoms with Crippen molar-refractivity contribution < 1.29 is 14.6 Å². The second kappa shape index (κ2) is 10.5. The summed E-state index contributed by atoms with van der Waals surface area (Å²) < 4.78 is 5.36. The lowest BCUT2D eigenvalue weighted by atomic mass is 9.74. The van der Waals surface area contributed by atoms with Crippen LogP contribution in [0.1, 0.15) is 36.9 Å². The molecule has 33 heavy (non-hydrogen) atoms. The van der Waals surface area contributed by atoms with E-state index in [4.69, 9.17) is 16.3 Å². The molecule has 4 rings (SSSR count). The molecule has 0 bridgehead atoms. The smallest absolute Gasteiger partial charge is 0.309 e. The number of benzene rings is 1. The van der Waals surface area contributed by atoms with E-state index in [1.807, 2.05) is 23.6 Å². The van der Waals surface area contributed by atoms with E-state index < -0.39 is 11.4 Å². The van der Waals surface area contributed by atoms with Crippen molar-refractivity contribution in [3.05, 3.63) is 51.6 Å². The molecule has 2 aromatic heterocycles. The molecule has 8 heteroatoms. The van der Waals surface area contributed by atoms with Crippen LogP contribution in [0.4, 0.5) is 0 Å². The van der Waals surface area contributed by atoms with Crippen LogP contribution in [0.5, 0.6) is 5.75 Å². The highest BCUT2D eigenvalue weighted by molar-refractivity contribution is 7.07. The molecule has 0 amide bonds. The van der Waals surface area contributed by atoms with Crippen molar-refractivity contribution in [2.24, 2.45) is 5.41 Å². The second-order valence-corrected chi connectivity index (χ2v) is 9.48. The van der Waals surface area contributed by atoms with Crippen LogP contribution in [0.3, 0.4) is 0 Å². The number of likely N-dealkylation sites (tertiary alicyclic amines) is 1. The standard InChI is InChI=1S/C25H26ClN3O3S/c1-32-19-6-7-23-21(14-19)20(22(26)15-27-23)5-2-8-25(24(30)31)9-12-29(13-10-25)11-3-4-18-16-33-17-28-18/h6-7,14-17H,2,5,8-13H2,1H3,(H,30,31). The van der Waals surface area contributed by atoms with Crippen LogP contribution < -0.4 is 4.74 Å². The van der Waals surface area contributed by atoms with Gasteiger partial charge in [-0.3, -0.25) is 14.7 Å². The number of nitrogens with zero attached hydrogens (tertiary/aromatic N) is 3. The number of aliphatic carboxylic acids is 1. The molecule has 1 aliphatic heterocycles. The van der Waals surface area contributed by atoms with Crippen LogP contribution >= 0.6 is 22.9 Å². The molecular formula is C25H26ClN3O3S. The SMILES string of the molecule is COc1ccc2ncc(Cl)c(CCCC3(C(=O)O)CCN(CC#Cc4cscn4)CC3)c2c1. The molecule has 1 fully saturated rings. The number of pyridine rings is 1. The van der Waals surface area contributed by atoms with Crippen molar-refractivity contribution in [1.82, 2.24) is 14.9 Å². The molecule has 0 radical (unpaired) electrons. The maximum Gasteiger partial charge on any atom is 0.309 e. The Balaban J connectivity index is 1.39. The molecule has 1 aliphatic rings. The third-order valence-corrected chi connectivity index (χ3v) is 7.35. The van der Waals surface area contributed by atoms with Gasteiger partial charge in [0.25, 0.3) is 0 Å². The lowest BCUT2D eigenvalue weighted by Gasteiger charge is -2.38. The summed E-state index contributed by atoms with van der Waals surface area (Å²) >= 11 is 8.01. The number of fused-ring (bicyclic) bond motifs is 1. The summed E-state index contributed by atoms with van der Waals surface area (Å²) in [5.74, 6) is 6.26. The minimum atomic E-state index is -0.706. The van der Waals surface area contributed by atoms with Gasteiger partial charge in [0.1, 0.15) is 11.4 Å². The first-order chi connectivity index (χ1) is 16.0. The van der Waals surface area contributed by atoms with Crippen molar-refractivity contribution >= 4 is 39.8 Å². The maximum atomic E-state index is 12.3. The fraction of sp³-hybridized carbons (Fsp3) is 0.400. The van der Waals surface area contributed by atoms with Crippen molar-refractivity contribution in [1.29, 1.82) is 0 Å². The van der Waals surface area contributed by atoms with Crippen molar-refractivity contribution in [3.8, 4) is 17.6 Å². The summed E-state index contributed by atoms with van der Waals surface area (Å²) in [6, 6.07) is 5.74. The average Bonchev–Trinajstić information content (AvgIpc) is 3.34. The van der Waals surface area contributed by atoms with Crippen LogP contribution in [-0.4, -0.2) is 52.7 Å². The number of aryl methyl sites for hydroxylation is 1. The molecule has 0 atom stereocenters. The molecule has 0 unspecified atom stereocenters. The summed E-state index contributed by atoms with van der Waals surface area (Å²) in [5.41, 5.74) is 3.71. The number of thiazole rings is 1.